The lowest BCUT2D eigenvalue weighted by Crippen LogP contribution is -2.10. The highest BCUT2D eigenvalue weighted by molar-refractivity contribution is 5.58. The van der Waals surface area contributed by atoms with E-state index in [-0.39, 0.29) is 5.56 Å². The Balaban J connectivity index is 2.52. The van der Waals surface area contributed by atoms with Crippen LogP contribution in [0.15, 0.2) is 29.3 Å². The maximum absolute atomic E-state index is 11.6. The minimum Gasteiger partial charge on any atom is -0.307 e. The summed E-state index contributed by atoms with van der Waals surface area (Å²) in [6, 6.07) is 3.42. The highest BCUT2D eigenvalue weighted by Gasteiger charge is 2.06. The number of nitrogens with one attached hydrogen (secondary N) is 1. The number of aryl methyl sites for hydroxylation is 2. The van der Waals surface area contributed by atoms with Gasteiger partial charge in [0.2, 0.25) is 0 Å². The topological polar surface area (TPSA) is 58.6 Å². The Morgan fingerprint density at radius 1 is 1.41 bits per heavy atom. The first-order valence-corrected chi connectivity index (χ1v) is 5.72. The zero-order valence-corrected chi connectivity index (χ0v) is 10.0. The van der Waals surface area contributed by atoms with Crippen LogP contribution >= 0.6 is 0 Å². The molecule has 0 fully saturated rings. The number of pyridine rings is 1. The Bertz CT molecular complexity index is 575. The summed E-state index contributed by atoms with van der Waals surface area (Å²) >= 11 is 0. The minimum absolute atomic E-state index is 0.102. The SMILES string of the molecule is CCCc1cc(=O)[nH]c(-c2ccncc2C)n1. The first kappa shape index (κ1) is 11.5. The summed E-state index contributed by atoms with van der Waals surface area (Å²) in [6.07, 6.45) is 5.27. The number of rotatable bonds is 3. The molecular weight excluding hydrogens is 214 g/mol. The Morgan fingerprint density at radius 2 is 2.24 bits per heavy atom. The minimum atomic E-state index is -0.102. The lowest BCUT2D eigenvalue weighted by molar-refractivity contribution is 0.869. The van der Waals surface area contributed by atoms with Crippen LogP contribution in [0.25, 0.3) is 11.4 Å². The van der Waals surface area contributed by atoms with E-state index in [1.54, 1.807) is 18.5 Å². The van der Waals surface area contributed by atoms with Gasteiger partial charge in [-0.2, -0.15) is 0 Å². The van der Waals surface area contributed by atoms with E-state index >= 15 is 0 Å². The van der Waals surface area contributed by atoms with Crippen molar-refractivity contribution in [2.24, 2.45) is 0 Å². The molecule has 0 unspecified atom stereocenters. The summed E-state index contributed by atoms with van der Waals surface area (Å²) in [7, 11) is 0. The molecule has 0 spiro atoms. The third-order valence-corrected chi connectivity index (χ3v) is 2.58. The molecule has 2 heterocycles. The molecule has 0 aliphatic carbocycles. The van der Waals surface area contributed by atoms with Crippen LogP contribution in [0.1, 0.15) is 24.6 Å². The lowest BCUT2D eigenvalue weighted by Gasteiger charge is -2.05. The summed E-state index contributed by atoms with van der Waals surface area (Å²) < 4.78 is 0. The normalized spacial score (nSPS) is 10.5. The first-order valence-electron chi connectivity index (χ1n) is 5.72. The number of hydrogen-bond donors (Lipinski definition) is 1. The van der Waals surface area contributed by atoms with Crippen LogP contribution in [-0.4, -0.2) is 15.0 Å². The summed E-state index contributed by atoms with van der Waals surface area (Å²) in [5, 5.41) is 0. The molecule has 2 aromatic heterocycles. The van der Waals surface area contributed by atoms with Crippen LogP contribution in [0, 0.1) is 6.92 Å². The van der Waals surface area contributed by atoms with Crippen LogP contribution in [0.3, 0.4) is 0 Å². The van der Waals surface area contributed by atoms with Crippen LogP contribution in [-0.2, 0) is 6.42 Å². The molecule has 2 rings (SSSR count). The largest absolute Gasteiger partial charge is 0.307 e. The second-order valence-corrected chi connectivity index (χ2v) is 4.03. The third kappa shape index (κ3) is 2.58. The van der Waals surface area contributed by atoms with Gasteiger partial charge in [-0.15, -0.1) is 0 Å². The van der Waals surface area contributed by atoms with Crippen molar-refractivity contribution >= 4 is 0 Å². The number of hydrogen-bond acceptors (Lipinski definition) is 3. The molecule has 0 amide bonds. The van der Waals surface area contributed by atoms with Crippen molar-refractivity contribution in [1.29, 1.82) is 0 Å². The highest BCUT2D eigenvalue weighted by atomic mass is 16.1. The maximum Gasteiger partial charge on any atom is 0.251 e. The van der Waals surface area contributed by atoms with Crippen molar-refractivity contribution < 1.29 is 0 Å². The molecule has 0 aliphatic heterocycles. The third-order valence-electron chi connectivity index (χ3n) is 2.58. The Kier molecular flexibility index (Phi) is 3.32. The Hall–Kier alpha value is -1.97. The quantitative estimate of drug-likeness (QED) is 0.876. The van der Waals surface area contributed by atoms with Crippen molar-refractivity contribution in [3.05, 3.63) is 46.1 Å². The molecule has 0 saturated heterocycles. The fourth-order valence-corrected chi connectivity index (χ4v) is 1.76. The highest BCUT2D eigenvalue weighted by Crippen LogP contribution is 2.17. The molecule has 4 heteroatoms. The van der Waals surface area contributed by atoms with Crippen molar-refractivity contribution in [3.8, 4) is 11.4 Å². The van der Waals surface area contributed by atoms with Gasteiger partial charge in [0.25, 0.3) is 5.56 Å². The molecular formula is C13H15N3O. The molecule has 0 radical (unpaired) electrons. The zero-order valence-electron chi connectivity index (χ0n) is 10.0. The van der Waals surface area contributed by atoms with Crippen molar-refractivity contribution in [2.75, 3.05) is 0 Å². The molecule has 1 N–H and O–H groups in total. The maximum atomic E-state index is 11.6. The molecule has 4 nitrogen and oxygen atoms in total. The first-order chi connectivity index (χ1) is 8.20. The Morgan fingerprint density at radius 3 is 2.94 bits per heavy atom. The summed E-state index contributed by atoms with van der Waals surface area (Å²) in [6.45, 7) is 4.02. The van der Waals surface area contributed by atoms with E-state index in [9.17, 15) is 4.79 Å². The lowest BCUT2D eigenvalue weighted by atomic mass is 10.1. The van der Waals surface area contributed by atoms with E-state index in [0.717, 1.165) is 29.7 Å². The van der Waals surface area contributed by atoms with E-state index in [2.05, 4.69) is 21.9 Å². The second kappa shape index (κ2) is 4.91. The van der Waals surface area contributed by atoms with Crippen molar-refractivity contribution in [3.63, 3.8) is 0 Å². The zero-order chi connectivity index (χ0) is 12.3. The van der Waals surface area contributed by atoms with Gasteiger partial charge in [-0.1, -0.05) is 13.3 Å². The molecule has 0 aliphatic rings. The van der Waals surface area contributed by atoms with Gasteiger partial charge in [-0.05, 0) is 25.0 Å². The second-order valence-electron chi connectivity index (χ2n) is 4.03. The fourth-order valence-electron chi connectivity index (χ4n) is 1.76. The van der Waals surface area contributed by atoms with Crippen LogP contribution in [0.5, 0.6) is 0 Å². The monoisotopic (exact) mass is 229 g/mol. The molecule has 2 aromatic rings. The van der Waals surface area contributed by atoms with Gasteiger partial charge in [-0.25, -0.2) is 4.98 Å². The van der Waals surface area contributed by atoms with Crippen molar-refractivity contribution in [1.82, 2.24) is 15.0 Å². The van der Waals surface area contributed by atoms with Gasteiger partial charge in [0.1, 0.15) is 5.82 Å². The van der Waals surface area contributed by atoms with Crippen LogP contribution in [0.2, 0.25) is 0 Å². The molecule has 0 bridgehead atoms. The molecule has 0 saturated carbocycles. The summed E-state index contributed by atoms with van der Waals surface area (Å²) in [5.74, 6) is 0.626. The average molecular weight is 229 g/mol. The summed E-state index contributed by atoms with van der Waals surface area (Å²) in [4.78, 5) is 22.8. The predicted octanol–water partition coefficient (Wildman–Crippen LogP) is 2.09. The van der Waals surface area contributed by atoms with Gasteiger partial charge in [0, 0.05) is 29.7 Å². The van der Waals surface area contributed by atoms with Gasteiger partial charge >= 0.3 is 0 Å². The van der Waals surface area contributed by atoms with E-state index in [1.807, 2.05) is 13.0 Å². The molecule has 0 atom stereocenters. The van der Waals surface area contributed by atoms with Gasteiger partial charge in [0.15, 0.2) is 0 Å². The number of H-pyrrole nitrogens is 1. The van der Waals surface area contributed by atoms with E-state index in [0.29, 0.717) is 5.82 Å². The van der Waals surface area contributed by atoms with Crippen molar-refractivity contribution in [2.45, 2.75) is 26.7 Å². The van der Waals surface area contributed by atoms with Gasteiger partial charge in [0.05, 0.1) is 0 Å². The van der Waals surface area contributed by atoms with E-state index in [1.165, 1.54) is 0 Å². The number of aromatic nitrogens is 3. The van der Waals surface area contributed by atoms with E-state index < -0.39 is 0 Å². The standard InChI is InChI=1S/C13H15N3O/c1-3-4-10-7-12(17)16-13(15-10)11-5-6-14-8-9(11)2/h5-8H,3-4H2,1-2H3,(H,15,16,17). The number of nitrogens with zero attached hydrogens (tertiary/aromatic N) is 2. The van der Waals surface area contributed by atoms with Gasteiger partial charge < -0.3 is 4.98 Å². The molecule has 17 heavy (non-hydrogen) atoms. The Labute approximate surface area is 99.8 Å². The summed E-state index contributed by atoms with van der Waals surface area (Å²) in [5.41, 5.74) is 2.66. The fraction of sp³-hybridized carbons (Fsp3) is 0.308. The molecule has 0 aromatic carbocycles. The number of aromatic amines is 1. The smallest absolute Gasteiger partial charge is 0.251 e. The molecule has 88 valence electrons. The van der Waals surface area contributed by atoms with Crippen LogP contribution in [0.4, 0.5) is 0 Å². The van der Waals surface area contributed by atoms with E-state index in [4.69, 9.17) is 0 Å². The predicted molar refractivity (Wildman–Crippen MR) is 66.8 cm³/mol. The van der Waals surface area contributed by atoms with Gasteiger partial charge in [-0.3, -0.25) is 9.78 Å². The van der Waals surface area contributed by atoms with Crippen LogP contribution < -0.4 is 5.56 Å². The average Bonchev–Trinajstić information content (AvgIpc) is 2.29.